The molecule has 0 unspecified atom stereocenters. The van der Waals surface area contributed by atoms with Gasteiger partial charge in [0.15, 0.2) is 0 Å². The molecular formula is C12H22N2O4. The maximum Gasteiger partial charge on any atom is 0.287 e. The van der Waals surface area contributed by atoms with Crippen LogP contribution in [0.3, 0.4) is 0 Å². The van der Waals surface area contributed by atoms with Crippen molar-refractivity contribution in [3.05, 3.63) is 0 Å². The van der Waals surface area contributed by atoms with Crippen LogP contribution in [0.15, 0.2) is 4.99 Å². The molecule has 2 rings (SSSR count). The van der Waals surface area contributed by atoms with Crippen molar-refractivity contribution < 1.29 is 20.1 Å². The predicted octanol–water partition coefficient (Wildman–Crippen LogP) is -0.816. The lowest BCUT2D eigenvalue weighted by atomic mass is 9.72. The van der Waals surface area contributed by atoms with Crippen LogP contribution in [-0.2, 0) is 4.74 Å². The van der Waals surface area contributed by atoms with E-state index in [1.807, 2.05) is 14.1 Å². The minimum atomic E-state index is -1.06. The van der Waals surface area contributed by atoms with Gasteiger partial charge in [-0.25, -0.2) is 4.99 Å². The number of aliphatic imine (C=N–C) groups is 1. The maximum atomic E-state index is 10.1. The molecule has 1 heterocycles. The van der Waals surface area contributed by atoms with Gasteiger partial charge in [-0.05, 0) is 20.3 Å². The molecule has 1 saturated carbocycles. The fourth-order valence-corrected chi connectivity index (χ4v) is 2.69. The third-order valence-electron chi connectivity index (χ3n) is 3.79. The molecule has 0 radical (unpaired) electrons. The summed E-state index contributed by atoms with van der Waals surface area (Å²) in [5, 5.41) is 30.3. The van der Waals surface area contributed by atoms with Crippen molar-refractivity contribution in [1.82, 2.24) is 4.90 Å². The summed E-state index contributed by atoms with van der Waals surface area (Å²) in [6.45, 7) is 3.27. The van der Waals surface area contributed by atoms with E-state index in [2.05, 4.69) is 4.99 Å². The quantitative estimate of drug-likeness (QED) is 0.572. The highest BCUT2D eigenvalue weighted by atomic mass is 16.5. The molecule has 0 bridgehead atoms. The van der Waals surface area contributed by atoms with Gasteiger partial charge < -0.3 is 25.0 Å². The van der Waals surface area contributed by atoms with E-state index in [1.165, 1.54) is 0 Å². The standard InChI is InChI=1S/C12H22N2O4/c1-12(2,17)6-5-7-8(10(16)9(6)15)13-11(18-7)14(3)4/h6-10,15-17H,5H2,1-4H3/t6-,7-,8-,9+,10+/m0/s1. The molecule has 0 amide bonds. The highest BCUT2D eigenvalue weighted by Crippen LogP contribution is 2.38. The van der Waals surface area contributed by atoms with Gasteiger partial charge in [-0.2, -0.15) is 0 Å². The molecule has 3 N–H and O–H groups in total. The zero-order valence-electron chi connectivity index (χ0n) is 11.2. The molecule has 5 atom stereocenters. The van der Waals surface area contributed by atoms with Crippen LogP contribution in [0.1, 0.15) is 20.3 Å². The lowest BCUT2D eigenvalue weighted by molar-refractivity contribution is -0.140. The summed E-state index contributed by atoms with van der Waals surface area (Å²) >= 11 is 0. The van der Waals surface area contributed by atoms with Gasteiger partial charge >= 0.3 is 0 Å². The van der Waals surface area contributed by atoms with Gasteiger partial charge in [0, 0.05) is 20.0 Å². The summed E-state index contributed by atoms with van der Waals surface area (Å²) in [4.78, 5) is 6.02. The molecule has 1 aliphatic heterocycles. The normalized spacial score (nSPS) is 39.9. The second-order valence-electron chi connectivity index (χ2n) is 5.93. The number of nitrogens with zero attached hydrogens (tertiary/aromatic N) is 2. The fraction of sp³-hybridized carbons (Fsp3) is 0.917. The summed E-state index contributed by atoms with van der Waals surface area (Å²) in [6, 6.07) is 0.0173. The van der Waals surface area contributed by atoms with E-state index >= 15 is 0 Å². The van der Waals surface area contributed by atoms with Crippen molar-refractivity contribution in [3.8, 4) is 0 Å². The topological polar surface area (TPSA) is 85.5 Å². The number of aliphatic hydroxyl groups excluding tert-OH is 2. The first-order valence-corrected chi connectivity index (χ1v) is 6.22. The van der Waals surface area contributed by atoms with Gasteiger partial charge in [0.25, 0.3) is 6.02 Å². The molecule has 6 nitrogen and oxygen atoms in total. The Labute approximate surface area is 107 Å². The lowest BCUT2D eigenvalue weighted by Gasteiger charge is -2.42. The van der Waals surface area contributed by atoms with E-state index in [0.29, 0.717) is 12.4 Å². The number of rotatable bonds is 1. The van der Waals surface area contributed by atoms with Crippen LogP contribution in [0.5, 0.6) is 0 Å². The smallest absolute Gasteiger partial charge is 0.287 e. The van der Waals surface area contributed by atoms with Crippen molar-refractivity contribution in [2.45, 2.75) is 50.2 Å². The lowest BCUT2D eigenvalue weighted by Crippen LogP contribution is -2.57. The third-order valence-corrected chi connectivity index (χ3v) is 3.79. The zero-order chi connectivity index (χ0) is 13.7. The molecule has 1 fully saturated rings. The van der Waals surface area contributed by atoms with Gasteiger partial charge in [-0.3, -0.25) is 0 Å². The number of ether oxygens (including phenoxy) is 1. The molecule has 18 heavy (non-hydrogen) atoms. The third kappa shape index (κ3) is 2.20. The average Bonchev–Trinajstić information content (AvgIpc) is 2.65. The van der Waals surface area contributed by atoms with Gasteiger partial charge in [0.05, 0.1) is 11.7 Å². The van der Waals surface area contributed by atoms with Gasteiger partial charge in [-0.1, -0.05) is 0 Å². The highest BCUT2D eigenvalue weighted by molar-refractivity contribution is 5.75. The molecule has 1 aliphatic carbocycles. The first-order valence-electron chi connectivity index (χ1n) is 6.22. The summed E-state index contributed by atoms with van der Waals surface area (Å²) < 4.78 is 5.66. The number of hydrogen-bond donors (Lipinski definition) is 3. The molecule has 2 aliphatic rings. The number of amidine groups is 1. The monoisotopic (exact) mass is 258 g/mol. The Balaban J connectivity index is 2.19. The van der Waals surface area contributed by atoms with Crippen molar-refractivity contribution in [2.75, 3.05) is 14.1 Å². The van der Waals surface area contributed by atoms with Crippen molar-refractivity contribution in [1.29, 1.82) is 0 Å². The number of fused-ring (bicyclic) bond motifs is 1. The van der Waals surface area contributed by atoms with Crippen molar-refractivity contribution in [2.24, 2.45) is 10.9 Å². The molecule has 104 valence electrons. The Morgan fingerprint density at radius 1 is 1.28 bits per heavy atom. The van der Waals surface area contributed by atoms with Crippen LogP contribution < -0.4 is 0 Å². The largest absolute Gasteiger partial charge is 0.459 e. The summed E-state index contributed by atoms with van der Waals surface area (Å²) in [5.41, 5.74) is -1.06. The molecule has 0 aromatic rings. The van der Waals surface area contributed by atoms with Crippen LogP contribution in [0.2, 0.25) is 0 Å². The van der Waals surface area contributed by atoms with E-state index in [-0.39, 0.29) is 6.10 Å². The van der Waals surface area contributed by atoms with Crippen LogP contribution in [-0.4, -0.2) is 70.3 Å². The molecule has 0 saturated heterocycles. The Morgan fingerprint density at radius 2 is 1.89 bits per heavy atom. The van der Waals surface area contributed by atoms with E-state index in [0.717, 1.165) is 0 Å². The Hall–Kier alpha value is -0.850. The Morgan fingerprint density at radius 3 is 2.39 bits per heavy atom. The van der Waals surface area contributed by atoms with Crippen molar-refractivity contribution in [3.63, 3.8) is 0 Å². The van der Waals surface area contributed by atoms with E-state index in [1.54, 1.807) is 18.7 Å². The maximum absolute atomic E-state index is 10.1. The Kier molecular flexibility index (Phi) is 3.29. The average molecular weight is 258 g/mol. The minimum absolute atomic E-state index is 0.280. The predicted molar refractivity (Wildman–Crippen MR) is 66.2 cm³/mol. The van der Waals surface area contributed by atoms with Crippen molar-refractivity contribution >= 4 is 6.02 Å². The number of hydrogen-bond acceptors (Lipinski definition) is 6. The SMILES string of the molecule is CN(C)C1=N[C@@H]2[C@@H](O)[C@H](O)[C@@H](C(C)(C)O)C[C@@H]2O1. The summed E-state index contributed by atoms with van der Waals surface area (Å²) in [5.74, 6) is -0.425. The first-order chi connectivity index (χ1) is 8.21. The van der Waals surface area contributed by atoms with Crippen LogP contribution in [0.25, 0.3) is 0 Å². The van der Waals surface area contributed by atoms with Gasteiger partial charge in [-0.15, -0.1) is 0 Å². The fourth-order valence-electron chi connectivity index (χ4n) is 2.69. The molecule has 0 aromatic heterocycles. The molecule has 6 heteroatoms. The molecule has 0 aromatic carbocycles. The van der Waals surface area contributed by atoms with Crippen LogP contribution >= 0.6 is 0 Å². The van der Waals surface area contributed by atoms with Gasteiger partial charge in [0.1, 0.15) is 18.2 Å². The molecular weight excluding hydrogens is 236 g/mol. The summed E-state index contributed by atoms with van der Waals surface area (Å²) in [7, 11) is 3.62. The van der Waals surface area contributed by atoms with E-state index in [4.69, 9.17) is 4.74 Å². The summed E-state index contributed by atoms with van der Waals surface area (Å²) in [6.07, 6.45) is -1.79. The second kappa shape index (κ2) is 4.36. The minimum Gasteiger partial charge on any atom is -0.459 e. The zero-order valence-corrected chi connectivity index (χ0v) is 11.2. The molecule has 0 spiro atoms. The van der Waals surface area contributed by atoms with E-state index in [9.17, 15) is 15.3 Å². The Bertz CT molecular complexity index is 350. The van der Waals surface area contributed by atoms with Crippen LogP contribution in [0.4, 0.5) is 0 Å². The number of aliphatic hydroxyl groups is 3. The second-order valence-corrected chi connectivity index (χ2v) is 5.93. The van der Waals surface area contributed by atoms with E-state index < -0.39 is 29.8 Å². The highest BCUT2D eigenvalue weighted by Gasteiger charge is 2.51. The first kappa shape index (κ1) is 13.6. The van der Waals surface area contributed by atoms with Gasteiger partial charge in [0.2, 0.25) is 0 Å². The van der Waals surface area contributed by atoms with Crippen LogP contribution in [0, 0.1) is 5.92 Å².